The maximum Gasteiger partial charge on any atom is 0.108 e. The van der Waals surface area contributed by atoms with E-state index in [9.17, 15) is 0 Å². The molecule has 1 N–H and O–H groups in total. The third kappa shape index (κ3) is 2.34. The molecule has 3 rings (SSSR count). The van der Waals surface area contributed by atoms with Gasteiger partial charge in [0, 0.05) is 24.6 Å². The zero-order chi connectivity index (χ0) is 12.4. The Hall–Kier alpha value is -0.800. The summed E-state index contributed by atoms with van der Waals surface area (Å²) in [7, 11) is 2.06. The minimum Gasteiger partial charge on any atom is -0.469 e. The number of fused-ring (bicyclic) bond motifs is 1. The lowest BCUT2D eigenvalue weighted by molar-refractivity contribution is 0.110. The third-order valence-corrected chi connectivity index (χ3v) is 4.50. The molecule has 100 valence electrons. The van der Waals surface area contributed by atoms with Gasteiger partial charge in [-0.2, -0.15) is 0 Å². The van der Waals surface area contributed by atoms with Crippen LogP contribution in [0.2, 0.25) is 0 Å². The predicted molar refractivity (Wildman–Crippen MR) is 72.6 cm³/mol. The average Bonchev–Trinajstić information content (AvgIpc) is 2.87. The molecule has 1 aliphatic carbocycles. The van der Waals surface area contributed by atoms with Crippen molar-refractivity contribution in [3.05, 3.63) is 23.7 Å². The molecule has 0 bridgehead atoms. The number of likely N-dealkylation sites (tertiary alicyclic amines) is 1. The Morgan fingerprint density at radius 1 is 1.39 bits per heavy atom. The van der Waals surface area contributed by atoms with E-state index in [1.54, 1.807) is 0 Å². The summed E-state index contributed by atoms with van der Waals surface area (Å²) in [5.74, 6) is 2.06. The number of rotatable bonds is 3. The maximum atomic E-state index is 5.61. The Morgan fingerprint density at radius 2 is 2.33 bits per heavy atom. The lowest BCUT2D eigenvalue weighted by Gasteiger charge is -2.39. The van der Waals surface area contributed by atoms with E-state index in [1.165, 1.54) is 50.1 Å². The van der Waals surface area contributed by atoms with Crippen LogP contribution in [-0.4, -0.2) is 31.6 Å². The summed E-state index contributed by atoms with van der Waals surface area (Å²) in [5.41, 5.74) is 1.46. The van der Waals surface area contributed by atoms with Crippen LogP contribution >= 0.6 is 0 Å². The van der Waals surface area contributed by atoms with Crippen molar-refractivity contribution in [2.24, 2.45) is 5.92 Å². The molecule has 2 unspecified atom stereocenters. The van der Waals surface area contributed by atoms with Crippen molar-refractivity contribution in [2.45, 2.75) is 38.1 Å². The van der Waals surface area contributed by atoms with E-state index in [0.29, 0.717) is 6.04 Å². The van der Waals surface area contributed by atoms with Crippen molar-refractivity contribution in [1.82, 2.24) is 10.2 Å². The van der Waals surface area contributed by atoms with Crippen LogP contribution in [0.25, 0.3) is 0 Å². The van der Waals surface area contributed by atoms with Gasteiger partial charge in [0.1, 0.15) is 5.76 Å². The molecule has 1 aromatic heterocycles. The molecule has 1 aromatic rings. The minimum atomic E-state index is 0.618. The second-order valence-corrected chi connectivity index (χ2v) is 5.77. The highest BCUT2D eigenvalue weighted by Gasteiger charge is 2.30. The molecule has 1 fully saturated rings. The first kappa shape index (κ1) is 12.2. The van der Waals surface area contributed by atoms with Crippen LogP contribution in [0.4, 0.5) is 0 Å². The summed E-state index contributed by atoms with van der Waals surface area (Å²) in [6, 6.07) is 2.81. The third-order valence-electron chi connectivity index (χ3n) is 4.50. The summed E-state index contributed by atoms with van der Waals surface area (Å²) in [6.45, 7) is 3.66. The lowest BCUT2D eigenvalue weighted by atomic mass is 9.89. The Balaban J connectivity index is 1.72. The summed E-state index contributed by atoms with van der Waals surface area (Å²) in [6.07, 6.45) is 8.31. The van der Waals surface area contributed by atoms with Gasteiger partial charge in [-0.3, -0.25) is 4.90 Å². The van der Waals surface area contributed by atoms with Crippen molar-refractivity contribution in [3.63, 3.8) is 0 Å². The van der Waals surface area contributed by atoms with Crippen LogP contribution in [0.1, 0.15) is 43.0 Å². The van der Waals surface area contributed by atoms with Crippen LogP contribution in [0.3, 0.4) is 0 Å². The van der Waals surface area contributed by atoms with Crippen molar-refractivity contribution in [3.8, 4) is 0 Å². The molecule has 3 heteroatoms. The monoisotopic (exact) mass is 248 g/mol. The summed E-state index contributed by atoms with van der Waals surface area (Å²) < 4.78 is 5.61. The number of nitrogens with one attached hydrogen (secondary N) is 1. The number of aryl methyl sites for hydroxylation is 1. The molecule has 3 nitrogen and oxygen atoms in total. The van der Waals surface area contributed by atoms with Crippen LogP contribution in [0.5, 0.6) is 0 Å². The molecule has 2 atom stereocenters. The van der Waals surface area contributed by atoms with E-state index in [4.69, 9.17) is 4.42 Å². The normalized spacial score (nSPS) is 29.2. The van der Waals surface area contributed by atoms with Crippen LogP contribution in [-0.2, 0) is 6.42 Å². The Labute approximate surface area is 110 Å². The highest BCUT2D eigenvalue weighted by molar-refractivity contribution is 5.24. The fourth-order valence-electron chi connectivity index (χ4n) is 3.68. The van der Waals surface area contributed by atoms with Gasteiger partial charge < -0.3 is 9.73 Å². The van der Waals surface area contributed by atoms with Gasteiger partial charge in [0.2, 0.25) is 0 Å². The Morgan fingerprint density at radius 3 is 3.22 bits per heavy atom. The van der Waals surface area contributed by atoms with E-state index in [0.717, 1.165) is 18.9 Å². The van der Waals surface area contributed by atoms with Crippen LogP contribution in [0, 0.1) is 5.92 Å². The molecular weight excluding hydrogens is 224 g/mol. The van der Waals surface area contributed by atoms with Gasteiger partial charge in [-0.05, 0) is 57.8 Å². The molecule has 0 saturated carbocycles. The van der Waals surface area contributed by atoms with Gasteiger partial charge in [0.05, 0.1) is 6.26 Å². The number of piperidine rings is 1. The number of hydrogen-bond acceptors (Lipinski definition) is 3. The summed E-state index contributed by atoms with van der Waals surface area (Å²) >= 11 is 0. The van der Waals surface area contributed by atoms with E-state index >= 15 is 0 Å². The molecule has 1 saturated heterocycles. The largest absolute Gasteiger partial charge is 0.469 e. The van der Waals surface area contributed by atoms with Gasteiger partial charge in [0.25, 0.3) is 0 Å². The zero-order valence-electron chi connectivity index (χ0n) is 11.3. The zero-order valence-corrected chi connectivity index (χ0v) is 11.3. The molecule has 18 heavy (non-hydrogen) atoms. The van der Waals surface area contributed by atoms with E-state index in [-0.39, 0.29) is 0 Å². The Kier molecular flexibility index (Phi) is 3.71. The number of nitrogens with zero attached hydrogens (tertiary/aromatic N) is 1. The fraction of sp³-hybridized carbons (Fsp3) is 0.733. The first-order valence-corrected chi connectivity index (χ1v) is 7.33. The summed E-state index contributed by atoms with van der Waals surface area (Å²) in [5, 5.41) is 3.33. The molecule has 0 aromatic carbocycles. The topological polar surface area (TPSA) is 28.4 Å². The average molecular weight is 248 g/mol. The maximum absolute atomic E-state index is 5.61. The predicted octanol–water partition coefficient (Wildman–Crippen LogP) is 2.59. The van der Waals surface area contributed by atoms with Crippen molar-refractivity contribution >= 4 is 0 Å². The van der Waals surface area contributed by atoms with Crippen molar-refractivity contribution in [1.29, 1.82) is 0 Å². The summed E-state index contributed by atoms with van der Waals surface area (Å²) in [4.78, 5) is 2.69. The van der Waals surface area contributed by atoms with Gasteiger partial charge >= 0.3 is 0 Å². The highest BCUT2D eigenvalue weighted by atomic mass is 16.3. The Bertz CT molecular complexity index is 386. The minimum absolute atomic E-state index is 0.618. The van der Waals surface area contributed by atoms with Crippen LogP contribution < -0.4 is 5.32 Å². The van der Waals surface area contributed by atoms with Gasteiger partial charge in [0.15, 0.2) is 0 Å². The second-order valence-electron chi connectivity index (χ2n) is 5.77. The fourth-order valence-corrected chi connectivity index (χ4v) is 3.68. The molecule has 2 heterocycles. The second kappa shape index (κ2) is 5.45. The molecule has 0 spiro atoms. The smallest absolute Gasteiger partial charge is 0.108 e. The molecule has 2 aliphatic rings. The standard InChI is InChI=1S/C15H24N2O/c1-16-10-12-4-3-8-17(11-12)14-5-2-6-15-13(14)7-9-18-15/h7,9,12,14,16H,2-6,8,10-11H2,1H3. The van der Waals surface area contributed by atoms with Gasteiger partial charge in [-0.1, -0.05) is 0 Å². The van der Waals surface area contributed by atoms with E-state index in [2.05, 4.69) is 23.3 Å². The molecule has 0 amide bonds. The first-order chi connectivity index (χ1) is 8.88. The van der Waals surface area contributed by atoms with Crippen LogP contribution in [0.15, 0.2) is 16.7 Å². The van der Waals surface area contributed by atoms with Crippen molar-refractivity contribution < 1.29 is 4.42 Å². The van der Waals surface area contributed by atoms with Gasteiger partial charge in [-0.25, -0.2) is 0 Å². The molecular formula is C15H24N2O. The number of furan rings is 1. The van der Waals surface area contributed by atoms with Crippen molar-refractivity contribution in [2.75, 3.05) is 26.7 Å². The van der Waals surface area contributed by atoms with E-state index < -0.39 is 0 Å². The van der Waals surface area contributed by atoms with Gasteiger partial charge in [-0.15, -0.1) is 0 Å². The number of hydrogen-bond donors (Lipinski definition) is 1. The SMILES string of the molecule is CNCC1CCCN(C2CCCc3occc32)C1. The highest BCUT2D eigenvalue weighted by Crippen LogP contribution is 2.36. The molecule has 1 aliphatic heterocycles. The quantitative estimate of drug-likeness (QED) is 0.891. The van der Waals surface area contributed by atoms with E-state index in [1.807, 2.05) is 6.26 Å². The molecule has 0 radical (unpaired) electrons. The lowest BCUT2D eigenvalue weighted by Crippen LogP contribution is -2.41. The first-order valence-electron chi connectivity index (χ1n) is 7.33.